The molecule has 2 aromatic carbocycles. The molecule has 1 atom stereocenters. The Morgan fingerprint density at radius 1 is 1.08 bits per heavy atom. The zero-order valence-electron chi connectivity index (χ0n) is 19.0. The van der Waals surface area contributed by atoms with Crippen LogP contribution in [0.5, 0.6) is 11.5 Å². The van der Waals surface area contributed by atoms with E-state index in [2.05, 4.69) is 14.7 Å². The van der Waals surface area contributed by atoms with E-state index in [-0.39, 0.29) is 38.3 Å². The first kappa shape index (κ1) is 25.6. The van der Waals surface area contributed by atoms with Gasteiger partial charge in [-0.1, -0.05) is 12.1 Å². The zero-order chi connectivity index (χ0) is 26.1. The summed E-state index contributed by atoms with van der Waals surface area (Å²) in [5.74, 6) is -0.236. The molecular weight excluding hydrogens is 519 g/mol. The maximum atomic E-state index is 13.6. The number of para-hydroxylation sites is 2. The van der Waals surface area contributed by atoms with Gasteiger partial charge in [0, 0.05) is 11.8 Å². The highest BCUT2D eigenvalue weighted by Crippen LogP contribution is 2.30. The lowest BCUT2D eigenvalue weighted by Crippen LogP contribution is -2.27. The monoisotopic (exact) mass is 539 g/mol. The number of hydrogen-bond donors (Lipinski definition) is 0. The van der Waals surface area contributed by atoms with Crippen LogP contribution in [0.1, 0.15) is 11.3 Å². The summed E-state index contributed by atoms with van der Waals surface area (Å²) in [5.41, 5.74) is 0.712. The molecule has 4 aromatic rings. The van der Waals surface area contributed by atoms with Gasteiger partial charge >= 0.3 is 6.11 Å². The molecule has 0 N–H and O–H groups in total. The Bertz CT molecular complexity index is 1540. The van der Waals surface area contributed by atoms with Crippen LogP contribution >= 0.6 is 0 Å². The first-order valence-corrected chi connectivity index (χ1v) is 13.2. The second kappa shape index (κ2) is 9.90. The zero-order valence-corrected chi connectivity index (χ0v) is 20.7. The maximum Gasteiger partial charge on any atom is 0.427 e. The molecule has 0 bridgehead atoms. The Morgan fingerprint density at radius 2 is 1.78 bits per heavy atom. The van der Waals surface area contributed by atoms with Crippen molar-refractivity contribution in [1.82, 2.24) is 13.9 Å². The quantitative estimate of drug-likeness (QED) is 0.314. The van der Waals surface area contributed by atoms with Crippen LogP contribution in [0.4, 0.5) is 13.2 Å². The molecule has 4 rings (SSSR count). The normalized spacial score (nSPS) is 13.0. The second-order valence-corrected chi connectivity index (χ2v) is 10.7. The molecule has 0 saturated carbocycles. The predicted octanol–water partition coefficient (Wildman–Crippen LogP) is 4.23. The van der Waals surface area contributed by atoms with Crippen LogP contribution in [-0.4, -0.2) is 46.5 Å². The van der Waals surface area contributed by atoms with Gasteiger partial charge in [0.2, 0.25) is 5.16 Å². The minimum absolute atomic E-state index is 0.0807. The smallest absolute Gasteiger partial charge is 0.427 e. The number of nitrogens with zero attached hydrogens (tertiary/aromatic N) is 3. The van der Waals surface area contributed by atoms with Gasteiger partial charge in [0.25, 0.3) is 10.0 Å². The highest BCUT2D eigenvalue weighted by atomic mass is 32.2. The molecule has 13 heteroatoms. The van der Waals surface area contributed by atoms with E-state index in [0.29, 0.717) is 11.3 Å². The molecule has 190 valence electrons. The summed E-state index contributed by atoms with van der Waals surface area (Å²) >= 11 is 0. The summed E-state index contributed by atoms with van der Waals surface area (Å²) in [6.07, 6.45) is -2.89. The Labute approximate surface area is 207 Å². The summed E-state index contributed by atoms with van der Waals surface area (Å²) in [6.45, 7) is -0.622. The number of aromatic nitrogens is 3. The summed E-state index contributed by atoms with van der Waals surface area (Å²) < 4.78 is 90.4. The van der Waals surface area contributed by atoms with Crippen molar-refractivity contribution >= 4 is 31.9 Å². The van der Waals surface area contributed by atoms with Gasteiger partial charge in [-0.15, -0.1) is 0 Å². The van der Waals surface area contributed by atoms with E-state index in [1.165, 1.54) is 44.4 Å². The average molecular weight is 540 g/mol. The van der Waals surface area contributed by atoms with Gasteiger partial charge in [-0.05, 0) is 49.4 Å². The fraction of sp³-hybridized carbons (Fsp3) is 0.217. The molecular formula is C23H20F3N3O5S2. The van der Waals surface area contributed by atoms with Crippen molar-refractivity contribution in [3.8, 4) is 11.5 Å². The summed E-state index contributed by atoms with van der Waals surface area (Å²) in [4.78, 5) is 8.28. The molecule has 0 saturated heterocycles. The van der Waals surface area contributed by atoms with Crippen molar-refractivity contribution in [1.29, 1.82) is 0 Å². The standard InChI is InChI=1S/C23H20F3N3O5S2/c1-15-19(27-12-11-21(15)34-23(25,26)14-24)13-35(30)22-28-18-5-3-4-6-20(18)29(22)36(31,32)17-9-7-16(33-2)8-10-17/h3-12H,13-14H2,1-2H3. The first-order valence-electron chi connectivity index (χ1n) is 10.4. The number of methoxy groups -OCH3 is 1. The Morgan fingerprint density at radius 3 is 2.44 bits per heavy atom. The fourth-order valence-corrected chi connectivity index (χ4v) is 6.45. The topological polar surface area (TPSA) is 100 Å². The Balaban J connectivity index is 1.77. The number of rotatable bonds is 9. The van der Waals surface area contributed by atoms with Gasteiger partial charge in [-0.2, -0.15) is 8.78 Å². The SMILES string of the molecule is COc1ccc(S(=O)(=O)n2c(S(=O)Cc3nccc(OC(F)(F)CF)c3C)nc3ccccc32)cc1. The number of ether oxygens (including phenoxy) is 2. The number of hydrogen-bond acceptors (Lipinski definition) is 7. The van der Waals surface area contributed by atoms with Crippen molar-refractivity contribution in [3.05, 3.63) is 72.1 Å². The largest absolute Gasteiger partial charge is 0.497 e. The van der Waals surface area contributed by atoms with E-state index >= 15 is 0 Å². The van der Waals surface area contributed by atoms with Gasteiger partial charge in [0.15, 0.2) is 6.67 Å². The van der Waals surface area contributed by atoms with E-state index in [1.54, 1.807) is 18.2 Å². The number of halogens is 3. The van der Waals surface area contributed by atoms with Gasteiger partial charge in [-0.3, -0.25) is 9.19 Å². The molecule has 0 fully saturated rings. The molecule has 0 amide bonds. The highest BCUT2D eigenvalue weighted by Gasteiger charge is 2.33. The van der Waals surface area contributed by atoms with Crippen molar-refractivity contribution in [2.75, 3.05) is 13.8 Å². The molecule has 0 aliphatic carbocycles. The molecule has 1 unspecified atom stereocenters. The van der Waals surface area contributed by atoms with Crippen LogP contribution < -0.4 is 9.47 Å². The van der Waals surface area contributed by atoms with E-state index in [0.717, 1.165) is 16.2 Å². The first-order chi connectivity index (χ1) is 17.1. The molecule has 2 aromatic heterocycles. The highest BCUT2D eigenvalue weighted by molar-refractivity contribution is 7.91. The third-order valence-corrected chi connectivity index (χ3v) is 8.28. The minimum Gasteiger partial charge on any atom is -0.497 e. The number of imidazole rings is 1. The van der Waals surface area contributed by atoms with Gasteiger partial charge in [0.05, 0.1) is 45.3 Å². The molecule has 0 aliphatic heterocycles. The van der Waals surface area contributed by atoms with Gasteiger partial charge < -0.3 is 9.47 Å². The molecule has 2 heterocycles. The van der Waals surface area contributed by atoms with Crippen molar-refractivity contribution < 1.29 is 35.3 Å². The van der Waals surface area contributed by atoms with Crippen molar-refractivity contribution in [2.24, 2.45) is 0 Å². The average Bonchev–Trinajstić information content (AvgIpc) is 3.27. The lowest BCUT2D eigenvalue weighted by Gasteiger charge is -2.17. The van der Waals surface area contributed by atoms with E-state index in [9.17, 15) is 25.8 Å². The Hall–Kier alpha value is -3.45. The third kappa shape index (κ3) is 4.93. The molecule has 8 nitrogen and oxygen atoms in total. The summed E-state index contributed by atoms with van der Waals surface area (Å²) in [7, 11) is -4.87. The lowest BCUT2D eigenvalue weighted by molar-refractivity contribution is -0.186. The van der Waals surface area contributed by atoms with Crippen LogP contribution in [0.25, 0.3) is 11.0 Å². The van der Waals surface area contributed by atoms with E-state index in [1.807, 2.05) is 0 Å². The minimum atomic E-state index is -4.24. The number of pyridine rings is 1. The van der Waals surface area contributed by atoms with Crippen LogP contribution in [0.15, 0.2) is 70.8 Å². The van der Waals surface area contributed by atoms with Crippen molar-refractivity contribution in [3.63, 3.8) is 0 Å². The summed E-state index contributed by atoms with van der Waals surface area (Å²) in [5, 5.41) is -0.270. The molecule has 36 heavy (non-hydrogen) atoms. The Kier molecular flexibility index (Phi) is 7.05. The van der Waals surface area contributed by atoms with Crippen molar-refractivity contribution in [2.45, 2.75) is 28.8 Å². The third-order valence-electron chi connectivity index (χ3n) is 5.23. The fourth-order valence-electron chi connectivity index (χ4n) is 3.40. The maximum absolute atomic E-state index is 13.6. The van der Waals surface area contributed by atoms with Gasteiger partial charge in [-0.25, -0.2) is 21.8 Å². The van der Waals surface area contributed by atoms with Crippen LogP contribution in [-0.2, 0) is 26.6 Å². The van der Waals surface area contributed by atoms with Crippen LogP contribution in [0.3, 0.4) is 0 Å². The lowest BCUT2D eigenvalue weighted by atomic mass is 10.2. The van der Waals surface area contributed by atoms with Crippen LogP contribution in [0, 0.1) is 6.92 Å². The molecule has 0 radical (unpaired) electrons. The summed E-state index contributed by atoms with van der Waals surface area (Å²) in [6, 6.07) is 13.2. The van der Waals surface area contributed by atoms with E-state index in [4.69, 9.17) is 4.74 Å². The van der Waals surface area contributed by atoms with E-state index < -0.39 is 33.6 Å². The number of benzene rings is 2. The molecule has 0 aliphatic rings. The number of alkyl halides is 3. The van der Waals surface area contributed by atoms with Gasteiger partial charge in [0.1, 0.15) is 11.5 Å². The second-order valence-electron chi connectivity index (χ2n) is 7.57. The van der Waals surface area contributed by atoms with Crippen LogP contribution in [0.2, 0.25) is 0 Å². The predicted molar refractivity (Wildman–Crippen MR) is 126 cm³/mol. The molecule has 0 spiro atoms. The number of fused-ring (bicyclic) bond motifs is 1.